The van der Waals surface area contributed by atoms with E-state index in [1.165, 1.54) is 0 Å². The lowest BCUT2D eigenvalue weighted by Gasteiger charge is -2.05. The van der Waals surface area contributed by atoms with Crippen molar-refractivity contribution in [3.8, 4) is 0 Å². The molecule has 0 aliphatic heterocycles. The van der Waals surface area contributed by atoms with E-state index < -0.39 is 21.5 Å². The monoisotopic (exact) mass is 275 g/mol. The molecule has 1 aromatic carbocycles. The topological polar surface area (TPSA) is 63.2 Å². The fourth-order valence-electron chi connectivity index (χ4n) is 1.35. The molecule has 1 rings (SSSR count). The fourth-order valence-corrected chi connectivity index (χ4v) is 2.77. The van der Waals surface area contributed by atoms with Crippen molar-refractivity contribution in [2.75, 3.05) is 16.8 Å². The number of benzene rings is 1. The minimum Gasteiger partial charge on any atom is -0.325 e. The highest BCUT2D eigenvalue weighted by Crippen LogP contribution is 2.14. The summed E-state index contributed by atoms with van der Waals surface area (Å²) in [6.07, 6.45) is 0.507. The van der Waals surface area contributed by atoms with E-state index in [-0.39, 0.29) is 5.75 Å². The second-order valence-electron chi connectivity index (χ2n) is 3.65. The van der Waals surface area contributed by atoms with Gasteiger partial charge in [0.15, 0.2) is 9.84 Å². The van der Waals surface area contributed by atoms with Crippen LogP contribution in [0.3, 0.4) is 0 Å². The van der Waals surface area contributed by atoms with Gasteiger partial charge in [0.2, 0.25) is 5.91 Å². The first-order valence-electron chi connectivity index (χ1n) is 5.19. The summed E-state index contributed by atoms with van der Waals surface area (Å²) >= 11 is 5.74. The first kappa shape index (κ1) is 14.0. The zero-order chi connectivity index (χ0) is 12.9. The Labute approximate surface area is 106 Å². The highest BCUT2D eigenvalue weighted by atomic mass is 35.5. The van der Waals surface area contributed by atoms with E-state index >= 15 is 0 Å². The minimum atomic E-state index is -3.31. The van der Waals surface area contributed by atoms with Gasteiger partial charge < -0.3 is 5.32 Å². The van der Waals surface area contributed by atoms with Crippen molar-refractivity contribution >= 4 is 33.0 Å². The molecular formula is C11H14ClNO3S. The van der Waals surface area contributed by atoms with Crippen LogP contribution in [-0.2, 0) is 14.6 Å². The van der Waals surface area contributed by atoms with Gasteiger partial charge in [0.1, 0.15) is 5.75 Å². The number of hydrogen-bond donors (Lipinski definition) is 1. The summed E-state index contributed by atoms with van der Waals surface area (Å²) < 4.78 is 22.8. The molecule has 6 heteroatoms. The molecule has 0 unspecified atom stereocenters. The van der Waals surface area contributed by atoms with Crippen molar-refractivity contribution in [3.05, 3.63) is 29.3 Å². The molecular weight excluding hydrogens is 262 g/mol. The molecule has 0 saturated heterocycles. The van der Waals surface area contributed by atoms with Crippen molar-refractivity contribution in [2.45, 2.75) is 13.3 Å². The van der Waals surface area contributed by atoms with Gasteiger partial charge in [0, 0.05) is 10.7 Å². The molecule has 0 aliphatic rings. The van der Waals surface area contributed by atoms with Crippen molar-refractivity contribution in [2.24, 2.45) is 0 Å². The summed E-state index contributed by atoms with van der Waals surface area (Å²) in [4.78, 5) is 11.5. The maximum Gasteiger partial charge on any atom is 0.239 e. The minimum absolute atomic E-state index is 0.0238. The van der Waals surface area contributed by atoms with Gasteiger partial charge in [-0.15, -0.1) is 0 Å². The molecule has 17 heavy (non-hydrogen) atoms. The summed E-state index contributed by atoms with van der Waals surface area (Å²) in [7, 11) is -3.31. The standard InChI is InChI=1S/C11H14ClNO3S/c1-2-6-17(15,16)8-11(14)13-10-5-3-4-9(12)7-10/h3-5,7H,2,6,8H2,1H3,(H,13,14). The molecule has 1 aromatic rings. The Balaban J connectivity index is 2.62. The van der Waals surface area contributed by atoms with E-state index in [4.69, 9.17) is 11.6 Å². The third-order valence-corrected chi connectivity index (χ3v) is 3.94. The maximum absolute atomic E-state index is 11.5. The van der Waals surface area contributed by atoms with E-state index in [1.807, 2.05) is 0 Å². The molecule has 0 aromatic heterocycles. The van der Waals surface area contributed by atoms with Crippen LogP contribution in [0.2, 0.25) is 5.02 Å². The lowest BCUT2D eigenvalue weighted by Crippen LogP contribution is -2.24. The molecule has 0 bridgehead atoms. The number of carbonyl (C=O) groups is 1. The zero-order valence-corrected chi connectivity index (χ0v) is 11.0. The number of sulfone groups is 1. The number of halogens is 1. The normalized spacial score (nSPS) is 11.2. The van der Waals surface area contributed by atoms with Gasteiger partial charge in [-0.2, -0.15) is 0 Å². The molecule has 94 valence electrons. The van der Waals surface area contributed by atoms with E-state index in [1.54, 1.807) is 31.2 Å². The third kappa shape index (κ3) is 5.19. The summed E-state index contributed by atoms with van der Waals surface area (Å²) in [6, 6.07) is 6.56. The number of hydrogen-bond acceptors (Lipinski definition) is 3. The Morgan fingerprint density at radius 1 is 1.41 bits per heavy atom. The van der Waals surface area contributed by atoms with Crippen molar-refractivity contribution in [1.82, 2.24) is 0 Å². The molecule has 0 saturated carbocycles. The van der Waals surface area contributed by atoms with Crippen LogP contribution in [0.25, 0.3) is 0 Å². The highest BCUT2D eigenvalue weighted by Gasteiger charge is 2.15. The number of amides is 1. The summed E-state index contributed by atoms with van der Waals surface area (Å²) in [5.74, 6) is -1.01. The largest absolute Gasteiger partial charge is 0.325 e. The number of carbonyl (C=O) groups excluding carboxylic acids is 1. The Morgan fingerprint density at radius 3 is 2.71 bits per heavy atom. The van der Waals surface area contributed by atoms with Gasteiger partial charge in [-0.05, 0) is 24.6 Å². The third-order valence-electron chi connectivity index (χ3n) is 1.97. The van der Waals surface area contributed by atoms with Gasteiger partial charge in [0.25, 0.3) is 0 Å². The van der Waals surface area contributed by atoms with Crippen LogP contribution in [0.4, 0.5) is 5.69 Å². The highest BCUT2D eigenvalue weighted by molar-refractivity contribution is 7.92. The van der Waals surface area contributed by atoms with Crippen molar-refractivity contribution in [3.63, 3.8) is 0 Å². The predicted molar refractivity (Wildman–Crippen MR) is 69.0 cm³/mol. The van der Waals surface area contributed by atoms with Gasteiger partial charge in [-0.3, -0.25) is 4.79 Å². The smallest absolute Gasteiger partial charge is 0.239 e. The van der Waals surface area contributed by atoms with Crippen molar-refractivity contribution in [1.29, 1.82) is 0 Å². The van der Waals surface area contributed by atoms with Gasteiger partial charge in [0.05, 0.1) is 5.75 Å². The van der Waals surface area contributed by atoms with Gasteiger partial charge in [-0.25, -0.2) is 8.42 Å². The lowest BCUT2D eigenvalue weighted by atomic mass is 10.3. The maximum atomic E-state index is 11.5. The molecule has 4 nitrogen and oxygen atoms in total. The number of nitrogens with one attached hydrogen (secondary N) is 1. The summed E-state index contributed by atoms with van der Waals surface area (Å²) in [5, 5.41) is 2.98. The Bertz CT molecular complexity index is 499. The van der Waals surface area contributed by atoms with Crippen LogP contribution in [-0.4, -0.2) is 25.8 Å². The second kappa shape index (κ2) is 6.02. The van der Waals surface area contributed by atoms with E-state index in [9.17, 15) is 13.2 Å². The van der Waals surface area contributed by atoms with Crippen LogP contribution < -0.4 is 5.32 Å². The molecule has 0 aliphatic carbocycles. The zero-order valence-electron chi connectivity index (χ0n) is 9.44. The van der Waals surface area contributed by atoms with E-state index in [2.05, 4.69) is 5.32 Å². The molecule has 0 fully saturated rings. The van der Waals surface area contributed by atoms with Crippen molar-refractivity contribution < 1.29 is 13.2 Å². The second-order valence-corrected chi connectivity index (χ2v) is 6.27. The van der Waals surface area contributed by atoms with Crippen LogP contribution in [0.15, 0.2) is 24.3 Å². The lowest BCUT2D eigenvalue weighted by molar-refractivity contribution is -0.113. The molecule has 0 atom stereocenters. The Morgan fingerprint density at radius 2 is 2.12 bits per heavy atom. The SMILES string of the molecule is CCCS(=O)(=O)CC(=O)Nc1cccc(Cl)c1. The van der Waals surface area contributed by atoms with Crippen LogP contribution in [0, 0.1) is 0 Å². The number of rotatable bonds is 5. The summed E-state index contributed by atoms with van der Waals surface area (Å²) in [6.45, 7) is 1.76. The first-order valence-corrected chi connectivity index (χ1v) is 7.39. The van der Waals surface area contributed by atoms with E-state index in [0.29, 0.717) is 17.1 Å². The van der Waals surface area contributed by atoms with Gasteiger partial charge in [-0.1, -0.05) is 24.6 Å². The average Bonchev–Trinajstić information content (AvgIpc) is 2.15. The fraction of sp³-hybridized carbons (Fsp3) is 0.364. The van der Waals surface area contributed by atoms with E-state index in [0.717, 1.165) is 0 Å². The Hall–Kier alpha value is -1.07. The predicted octanol–water partition coefficient (Wildman–Crippen LogP) is 2.10. The number of anilines is 1. The molecule has 1 amide bonds. The Kier molecular flexibility index (Phi) is 4.96. The van der Waals surface area contributed by atoms with Crippen LogP contribution in [0.1, 0.15) is 13.3 Å². The van der Waals surface area contributed by atoms with Gasteiger partial charge >= 0.3 is 0 Å². The summed E-state index contributed by atoms with van der Waals surface area (Å²) in [5.41, 5.74) is 0.495. The average molecular weight is 276 g/mol. The molecule has 0 heterocycles. The van der Waals surface area contributed by atoms with Crippen LogP contribution in [0.5, 0.6) is 0 Å². The quantitative estimate of drug-likeness (QED) is 0.895. The molecule has 0 radical (unpaired) electrons. The molecule has 1 N–H and O–H groups in total. The molecule has 0 spiro atoms. The first-order chi connectivity index (χ1) is 7.93. The van der Waals surface area contributed by atoms with Crippen LogP contribution >= 0.6 is 11.6 Å².